The average Bonchev–Trinajstić information content (AvgIpc) is 1.90. The van der Waals surface area contributed by atoms with E-state index in [-0.39, 0.29) is 0 Å². The molecule has 1 aliphatic heterocycles. The quantitative estimate of drug-likeness (QED) is 0.515. The molecule has 0 radical (unpaired) electrons. The van der Waals surface area contributed by atoms with Crippen molar-refractivity contribution in [1.29, 1.82) is 0 Å². The first kappa shape index (κ1) is 4.77. The summed E-state index contributed by atoms with van der Waals surface area (Å²) < 4.78 is 7.24. The van der Waals surface area contributed by atoms with Gasteiger partial charge in [-0.3, -0.25) is 0 Å². The Morgan fingerprint density at radius 3 is 2.75 bits per heavy atom. The Morgan fingerprint density at radius 2 is 2.25 bits per heavy atom. The van der Waals surface area contributed by atoms with Gasteiger partial charge in [-0.1, -0.05) is 6.92 Å². The first-order valence-corrected chi connectivity index (χ1v) is 3.29. The maximum atomic E-state index is 7.24. The summed E-state index contributed by atoms with van der Waals surface area (Å²) in [7, 11) is 0. The third kappa shape index (κ3) is 1.46. The van der Waals surface area contributed by atoms with Gasteiger partial charge in [0.15, 0.2) is 0 Å². The molecular weight excluding hydrogens is 100 g/mol. The van der Waals surface area contributed by atoms with E-state index in [9.17, 15) is 0 Å². The van der Waals surface area contributed by atoms with Crippen LogP contribution in [0.2, 0.25) is 1.41 Å². The van der Waals surface area contributed by atoms with Gasteiger partial charge in [-0.05, 0) is 6.54 Å². The highest BCUT2D eigenvalue weighted by Crippen LogP contribution is 1.88. The SMILES string of the molecule is [3H]N1CCN(CC)CC1. The van der Waals surface area contributed by atoms with Crippen molar-refractivity contribution in [3.8, 4) is 0 Å². The van der Waals surface area contributed by atoms with Crippen molar-refractivity contribution in [2.75, 3.05) is 32.7 Å². The van der Waals surface area contributed by atoms with Crippen LogP contribution >= 0.6 is 0 Å². The van der Waals surface area contributed by atoms with Crippen molar-refractivity contribution < 1.29 is 1.41 Å². The minimum absolute atomic E-state index is 0.911. The minimum atomic E-state index is 0.911. The fraction of sp³-hybridized carbons (Fsp3) is 1.00. The molecule has 2 nitrogen and oxygen atoms in total. The predicted molar refractivity (Wildman–Crippen MR) is 35.0 cm³/mol. The first-order valence-electron chi connectivity index (χ1n) is 3.74. The number of hydrogen-bond donors (Lipinski definition) is 1. The summed E-state index contributed by atoms with van der Waals surface area (Å²) in [5.74, 6) is 0. The van der Waals surface area contributed by atoms with Crippen LogP contribution in [-0.2, 0) is 0 Å². The number of rotatable bonds is 1. The third-order valence-corrected chi connectivity index (χ3v) is 1.60. The highest BCUT2D eigenvalue weighted by Gasteiger charge is 2.04. The maximum absolute atomic E-state index is 7.24. The molecule has 1 saturated heterocycles. The third-order valence-electron chi connectivity index (χ3n) is 1.60. The number of nitrogens with one attached hydrogen (secondary N) is 1. The smallest absolute Gasteiger partial charge is 0.122 e. The predicted octanol–water partition coefficient (Wildman–Crippen LogP) is -0.0885. The highest BCUT2D eigenvalue weighted by molar-refractivity contribution is 4.64. The lowest BCUT2D eigenvalue weighted by Crippen LogP contribution is -2.43. The fourth-order valence-corrected chi connectivity index (χ4v) is 0.964. The van der Waals surface area contributed by atoms with Crippen molar-refractivity contribution in [2.45, 2.75) is 6.92 Å². The second kappa shape index (κ2) is 3.05. The van der Waals surface area contributed by atoms with Gasteiger partial charge in [-0.2, -0.15) is 0 Å². The number of likely N-dealkylation sites (N-methyl/N-ethyl adjacent to an activating group) is 1. The lowest BCUT2D eigenvalue weighted by atomic mass is 10.4. The second-order valence-electron chi connectivity index (χ2n) is 2.11. The Balaban J connectivity index is 2.18. The van der Waals surface area contributed by atoms with Crippen LogP contribution < -0.4 is 5.31 Å². The zero-order valence-electron chi connectivity index (χ0n) is 6.43. The largest absolute Gasteiger partial charge is 0.314 e. The summed E-state index contributed by atoms with van der Waals surface area (Å²) in [6.45, 7) is 7.26. The van der Waals surface area contributed by atoms with E-state index in [0.717, 1.165) is 32.7 Å². The molecule has 0 unspecified atom stereocenters. The van der Waals surface area contributed by atoms with Crippen molar-refractivity contribution in [3.05, 3.63) is 0 Å². The van der Waals surface area contributed by atoms with Crippen LogP contribution in [0.4, 0.5) is 0 Å². The molecule has 0 atom stereocenters. The summed E-state index contributed by atoms with van der Waals surface area (Å²) >= 11 is 0. The molecule has 0 bridgehead atoms. The van der Waals surface area contributed by atoms with Gasteiger partial charge in [0.2, 0.25) is 0 Å². The molecule has 0 aliphatic carbocycles. The Morgan fingerprint density at radius 1 is 1.62 bits per heavy atom. The Hall–Kier alpha value is -0.0800. The monoisotopic (exact) mass is 116 g/mol. The van der Waals surface area contributed by atoms with Gasteiger partial charge in [-0.25, -0.2) is 0 Å². The van der Waals surface area contributed by atoms with Crippen molar-refractivity contribution in [2.24, 2.45) is 0 Å². The molecule has 8 heavy (non-hydrogen) atoms. The second-order valence-corrected chi connectivity index (χ2v) is 2.11. The molecule has 0 amide bonds. The molecule has 0 aromatic carbocycles. The normalized spacial score (nSPS) is 27.9. The zero-order valence-corrected chi connectivity index (χ0v) is 5.43. The lowest BCUT2D eigenvalue weighted by molar-refractivity contribution is 0.253. The van der Waals surface area contributed by atoms with Crippen LogP contribution in [0.15, 0.2) is 0 Å². The van der Waals surface area contributed by atoms with Crippen LogP contribution in [0.3, 0.4) is 0 Å². The average molecular weight is 116 g/mol. The summed E-state index contributed by atoms with van der Waals surface area (Å²) in [4.78, 5) is 2.37. The topological polar surface area (TPSA) is 15.3 Å². The van der Waals surface area contributed by atoms with E-state index in [4.69, 9.17) is 1.41 Å². The van der Waals surface area contributed by atoms with Gasteiger partial charge in [0, 0.05) is 26.2 Å². The standard InChI is InChI=1S/C6H14N2/c1-2-8-5-3-7-4-6-8/h7H,2-6H2,1H3/i/hT. The number of hydrogen-bond acceptors (Lipinski definition) is 2. The fourth-order valence-electron chi connectivity index (χ4n) is 0.964. The summed E-state index contributed by atoms with van der Waals surface area (Å²) in [6, 6.07) is 0. The van der Waals surface area contributed by atoms with Crippen LogP contribution in [0.5, 0.6) is 0 Å². The Kier molecular flexibility index (Phi) is 1.82. The van der Waals surface area contributed by atoms with Gasteiger partial charge in [0.25, 0.3) is 0 Å². The van der Waals surface area contributed by atoms with E-state index in [1.807, 2.05) is 0 Å². The molecule has 1 rings (SSSR count). The number of piperazine rings is 1. The molecule has 0 aromatic rings. The Labute approximate surface area is 52.3 Å². The summed E-state index contributed by atoms with van der Waals surface area (Å²) in [5.41, 5.74) is 0. The molecule has 1 fully saturated rings. The summed E-state index contributed by atoms with van der Waals surface area (Å²) in [6.07, 6.45) is 0. The minimum Gasteiger partial charge on any atom is -0.314 e. The maximum Gasteiger partial charge on any atom is 0.122 e. The van der Waals surface area contributed by atoms with Crippen LogP contribution in [0, 0.1) is 0 Å². The molecule has 0 aromatic heterocycles. The van der Waals surface area contributed by atoms with E-state index in [1.54, 1.807) is 5.31 Å². The molecule has 0 spiro atoms. The molecular formula is C6H14N2. The van der Waals surface area contributed by atoms with Gasteiger partial charge in [0.1, 0.15) is 1.41 Å². The molecule has 2 heteroatoms. The van der Waals surface area contributed by atoms with E-state index < -0.39 is 0 Å². The molecule has 1 N–H and O–H groups in total. The van der Waals surface area contributed by atoms with Crippen molar-refractivity contribution >= 4 is 0 Å². The Bertz CT molecular complexity index is 79.1. The van der Waals surface area contributed by atoms with Crippen LogP contribution in [-0.4, -0.2) is 37.6 Å². The van der Waals surface area contributed by atoms with Gasteiger partial charge in [-0.15, -0.1) is 0 Å². The van der Waals surface area contributed by atoms with E-state index in [2.05, 4.69) is 11.8 Å². The first-order chi connectivity index (χ1) is 4.33. The van der Waals surface area contributed by atoms with Crippen LogP contribution in [0.25, 0.3) is 0 Å². The molecule has 0 saturated carbocycles. The molecule has 48 valence electrons. The number of nitrogens with zero attached hydrogens (tertiary/aromatic N) is 1. The van der Waals surface area contributed by atoms with Crippen LogP contribution in [0.1, 0.15) is 6.92 Å². The zero-order chi connectivity index (χ0) is 6.69. The lowest BCUT2D eigenvalue weighted by Gasteiger charge is -2.25. The van der Waals surface area contributed by atoms with E-state index >= 15 is 0 Å². The van der Waals surface area contributed by atoms with Gasteiger partial charge in [0.05, 0.1) is 0 Å². The van der Waals surface area contributed by atoms with Crippen molar-refractivity contribution in [1.82, 2.24) is 10.2 Å². The summed E-state index contributed by atoms with van der Waals surface area (Å²) in [5, 5.41) is 1.63. The van der Waals surface area contributed by atoms with Gasteiger partial charge >= 0.3 is 0 Å². The molecule has 1 aliphatic rings. The van der Waals surface area contributed by atoms with Gasteiger partial charge < -0.3 is 10.2 Å². The van der Waals surface area contributed by atoms with E-state index in [0.29, 0.717) is 0 Å². The highest BCUT2D eigenvalue weighted by atomic mass is 15.2. The van der Waals surface area contributed by atoms with Crippen molar-refractivity contribution in [3.63, 3.8) is 0 Å². The van der Waals surface area contributed by atoms with E-state index in [1.165, 1.54) is 0 Å². The molecule has 1 heterocycles.